The number of benzene rings is 1. The summed E-state index contributed by atoms with van der Waals surface area (Å²) in [5, 5.41) is 0.175. The lowest BCUT2D eigenvalue weighted by molar-refractivity contribution is -0.126. The predicted molar refractivity (Wildman–Crippen MR) is 168 cm³/mol. The summed E-state index contributed by atoms with van der Waals surface area (Å²) < 4.78 is 49.0. The zero-order chi connectivity index (χ0) is 32.9. The molecule has 244 valence electrons. The SMILES string of the molecule is CC(C)C(=O)NNC(=O)c1cn(COCC[Si](C)(C)C)c2nccc(Oc3c(F)cc(CC(=O)CCC4(C)COC4)cc3F)c12. The first-order valence-electron chi connectivity index (χ1n) is 15.1. The van der Waals surface area contributed by atoms with Crippen LogP contribution < -0.4 is 15.6 Å². The number of pyridine rings is 1. The molecule has 45 heavy (non-hydrogen) atoms. The first kappa shape index (κ1) is 34.2. The number of fused-ring (bicyclic) bond motifs is 1. The Morgan fingerprint density at radius 1 is 1.13 bits per heavy atom. The standard InChI is InChI=1S/C32H42F2N4O6Si/c1-20(2)30(40)36-37-31(41)23-16-38(19-42-11-12-45(4,5)6)29-27(23)26(8-10-35-29)44-28-24(33)14-21(15-25(28)34)13-22(39)7-9-32(3)17-43-18-32/h8,10,14-16,20H,7,9,11-13,17-19H2,1-6H3,(H,36,40)(H,37,41). The summed E-state index contributed by atoms with van der Waals surface area (Å²) >= 11 is 0. The molecule has 3 aromatic rings. The van der Waals surface area contributed by atoms with Gasteiger partial charge in [-0.1, -0.05) is 40.4 Å². The van der Waals surface area contributed by atoms with E-state index in [-0.39, 0.29) is 64.6 Å². The van der Waals surface area contributed by atoms with Gasteiger partial charge >= 0.3 is 0 Å². The van der Waals surface area contributed by atoms with Crippen LogP contribution in [0.4, 0.5) is 8.78 Å². The van der Waals surface area contributed by atoms with Gasteiger partial charge in [0.2, 0.25) is 5.91 Å². The number of carbonyl (C=O) groups excluding carboxylic acids is 3. The average molecular weight is 645 g/mol. The Balaban J connectivity index is 1.59. The molecule has 1 aliphatic rings. The number of ketones is 1. The third-order valence-corrected chi connectivity index (χ3v) is 9.30. The number of hydrazine groups is 1. The minimum atomic E-state index is -1.35. The Morgan fingerprint density at radius 3 is 2.42 bits per heavy atom. The van der Waals surface area contributed by atoms with Crippen LogP contribution in [0.5, 0.6) is 11.5 Å². The van der Waals surface area contributed by atoms with Crippen LogP contribution in [0.2, 0.25) is 25.7 Å². The number of nitrogens with zero attached hydrogens (tertiary/aromatic N) is 2. The number of aromatic nitrogens is 2. The molecule has 0 spiro atoms. The van der Waals surface area contributed by atoms with Crippen molar-refractivity contribution in [3.05, 3.63) is 53.4 Å². The summed E-state index contributed by atoms with van der Waals surface area (Å²) in [4.78, 5) is 42.2. The van der Waals surface area contributed by atoms with E-state index in [4.69, 9.17) is 14.2 Å². The molecule has 13 heteroatoms. The minimum Gasteiger partial charge on any atom is -0.450 e. The molecular formula is C32H42F2N4O6Si. The smallest absolute Gasteiger partial charge is 0.272 e. The lowest BCUT2D eigenvalue weighted by atomic mass is 9.82. The molecule has 1 saturated heterocycles. The van der Waals surface area contributed by atoms with Crippen LogP contribution in [0.3, 0.4) is 0 Å². The molecule has 2 N–H and O–H groups in total. The maximum Gasteiger partial charge on any atom is 0.272 e. The third-order valence-electron chi connectivity index (χ3n) is 7.59. The van der Waals surface area contributed by atoms with Crippen molar-refractivity contribution in [2.45, 2.75) is 72.4 Å². The predicted octanol–water partition coefficient (Wildman–Crippen LogP) is 5.76. The van der Waals surface area contributed by atoms with Crippen molar-refractivity contribution in [3.8, 4) is 11.5 Å². The molecule has 2 amide bonds. The summed E-state index contributed by atoms with van der Waals surface area (Å²) in [6, 6.07) is 4.48. The Kier molecular flexibility index (Phi) is 10.8. The number of carbonyl (C=O) groups is 3. The molecule has 3 heterocycles. The van der Waals surface area contributed by atoms with Gasteiger partial charge in [0.15, 0.2) is 17.4 Å². The van der Waals surface area contributed by atoms with Gasteiger partial charge in [-0.3, -0.25) is 25.2 Å². The van der Waals surface area contributed by atoms with Crippen molar-refractivity contribution in [3.63, 3.8) is 0 Å². The van der Waals surface area contributed by atoms with Gasteiger partial charge in [-0.2, -0.15) is 0 Å². The van der Waals surface area contributed by atoms with Gasteiger partial charge in [0.05, 0.1) is 24.2 Å². The molecule has 0 atom stereocenters. The van der Waals surface area contributed by atoms with Crippen LogP contribution in [0.1, 0.15) is 49.5 Å². The second-order valence-corrected chi connectivity index (χ2v) is 19.1. The number of hydrogen-bond donors (Lipinski definition) is 2. The molecule has 10 nitrogen and oxygen atoms in total. The van der Waals surface area contributed by atoms with Crippen LogP contribution in [0, 0.1) is 23.0 Å². The van der Waals surface area contributed by atoms with Crippen LogP contribution in [0.15, 0.2) is 30.6 Å². The molecule has 1 aromatic carbocycles. The summed E-state index contributed by atoms with van der Waals surface area (Å²) in [6.45, 7) is 13.9. The summed E-state index contributed by atoms with van der Waals surface area (Å²) in [7, 11) is -1.35. The van der Waals surface area contributed by atoms with Crippen molar-refractivity contribution in [1.82, 2.24) is 20.4 Å². The molecule has 1 fully saturated rings. The van der Waals surface area contributed by atoms with Crippen molar-refractivity contribution < 1.29 is 37.4 Å². The van der Waals surface area contributed by atoms with Crippen LogP contribution in [0.25, 0.3) is 11.0 Å². The number of ether oxygens (including phenoxy) is 3. The molecule has 0 unspecified atom stereocenters. The Bertz CT molecular complexity index is 1540. The molecule has 2 aromatic heterocycles. The number of halogens is 2. The number of nitrogens with one attached hydrogen (secondary N) is 2. The number of amides is 2. The molecule has 4 rings (SSSR count). The quantitative estimate of drug-likeness (QED) is 0.130. The fourth-order valence-electron chi connectivity index (χ4n) is 4.69. The second kappa shape index (κ2) is 14.2. The van der Waals surface area contributed by atoms with Gasteiger partial charge in [-0.25, -0.2) is 13.8 Å². The summed E-state index contributed by atoms with van der Waals surface area (Å²) in [5.74, 6) is -4.28. The lowest BCUT2D eigenvalue weighted by Gasteiger charge is -2.37. The summed E-state index contributed by atoms with van der Waals surface area (Å²) in [5.41, 5.74) is 5.25. The highest BCUT2D eigenvalue weighted by atomic mass is 28.3. The Morgan fingerprint density at radius 2 is 1.82 bits per heavy atom. The van der Waals surface area contributed by atoms with Gasteiger partial charge in [0.1, 0.15) is 23.9 Å². The minimum absolute atomic E-state index is 0.0289. The van der Waals surface area contributed by atoms with Crippen LogP contribution in [-0.2, 0) is 32.2 Å². The number of Topliss-reactive ketones (excluding diaryl/α,β-unsaturated/α-hetero) is 1. The summed E-state index contributed by atoms with van der Waals surface area (Å²) in [6.07, 6.45) is 3.72. The number of hydrogen-bond acceptors (Lipinski definition) is 7. The van der Waals surface area contributed by atoms with Crippen molar-refractivity contribution >= 4 is 36.7 Å². The molecule has 0 radical (unpaired) electrons. The van der Waals surface area contributed by atoms with Gasteiger partial charge < -0.3 is 18.8 Å². The highest BCUT2D eigenvalue weighted by molar-refractivity contribution is 6.76. The first-order chi connectivity index (χ1) is 21.2. The normalized spacial score (nSPS) is 14.3. The molecule has 0 saturated carbocycles. The van der Waals surface area contributed by atoms with E-state index in [0.29, 0.717) is 26.2 Å². The van der Waals surface area contributed by atoms with Gasteiger partial charge in [-0.05, 0) is 36.2 Å². The van der Waals surface area contributed by atoms with E-state index in [1.165, 1.54) is 18.5 Å². The van der Waals surface area contributed by atoms with Crippen molar-refractivity contribution in [1.29, 1.82) is 0 Å². The number of rotatable bonds is 14. The van der Waals surface area contributed by atoms with Crippen LogP contribution in [-0.4, -0.2) is 55.0 Å². The molecule has 0 bridgehead atoms. The lowest BCUT2D eigenvalue weighted by Crippen LogP contribution is -2.43. The van der Waals surface area contributed by atoms with E-state index < -0.39 is 37.3 Å². The zero-order valence-electron chi connectivity index (χ0n) is 26.7. The van der Waals surface area contributed by atoms with Crippen LogP contribution >= 0.6 is 0 Å². The molecule has 0 aliphatic carbocycles. The fourth-order valence-corrected chi connectivity index (χ4v) is 5.44. The maximum absolute atomic E-state index is 15.3. The Hall–Kier alpha value is -3.68. The monoisotopic (exact) mass is 644 g/mol. The van der Waals surface area contributed by atoms with Gasteiger partial charge in [0, 0.05) is 51.2 Å². The van der Waals surface area contributed by atoms with E-state index in [1.54, 1.807) is 18.4 Å². The third kappa shape index (κ3) is 8.95. The largest absolute Gasteiger partial charge is 0.450 e. The molecular weight excluding hydrogens is 602 g/mol. The van der Waals surface area contributed by atoms with Gasteiger partial charge in [-0.15, -0.1) is 0 Å². The maximum atomic E-state index is 15.3. The van der Waals surface area contributed by atoms with E-state index in [2.05, 4.69) is 35.5 Å². The Labute approximate surface area is 262 Å². The molecule has 1 aliphatic heterocycles. The van der Waals surface area contributed by atoms with Crippen molar-refractivity contribution in [2.75, 3.05) is 19.8 Å². The van der Waals surface area contributed by atoms with Crippen molar-refractivity contribution in [2.24, 2.45) is 11.3 Å². The van der Waals surface area contributed by atoms with E-state index in [1.807, 2.05) is 6.92 Å². The highest BCUT2D eigenvalue weighted by Crippen LogP contribution is 2.36. The topological polar surface area (TPSA) is 121 Å². The second-order valence-electron chi connectivity index (χ2n) is 13.5. The van der Waals surface area contributed by atoms with E-state index >= 15 is 8.78 Å². The average Bonchev–Trinajstić information content (AvgIpc) is 3.32. The fraction of sp³-hybridized carbons (Fsp3) is 0.500. The van der Waals surface area contributed by atoms with Gasteiger partial charge in [0.25, 0.3) is 5.91 Å². The highest BCUT2D eigenvalue weighted by Gasteiger charge is 2.33. The van der Waals surface area contributed by atoms with E-state index in [0.717, 1.165) is 18.2 Å². The first-order valence-corrected chi connectivity index (χ1v) is 18.8. The zero-order valence-corrected chi connectivity index (χ0v) is 27.7. The van der Waals surface area contributed by atoms with E-state index in [9.17, 15) is 14.4 Å².